The van der Waals surface area contributed by atoms with Gasteiger partial charge in [-0.2, -0.15) is 5.10 Å². The highest BCUT2D eigenvalue weighted by atomic mass is 16.1. The lowest BCUT2D eigenvalue weighted by Crippen LogP contribution is -2.20. The van der Waals surface area contributed by atoms with Crippen LogP contribution in [0.1, 0.15) is 16.8 Å². The SMILES string of the molecule is Cc1[nH]ncc1CNC(=O)C#Cc1ccccc1. The first-order valence-electron chi connectivity index (χ1n) is 5.59. The molecule has 0 fully saturated rings. The van der Waals surface area contributed by atoms with Gasteiger partial charge in [0.25, 0.3) is 5.91 Å². The van der Waals surface area contributed by atoms with Crippen LogP contribution in [0.2, 0.25) is 0 Å². The van der Waals surface area contributed by atoms with E-state index in [9.17, 15) is 4.79 Å². The van der Waals surface area contributed by atoms with Gasteiger partial charge in [-0.3, -0.25) is 9.89 Å². The molecule has 2 rings (SSSR count). The molecular weight excluding hydrogens is 226 g/mol. The molecule has 0 aliphatic rings. The summed E-state index contributed by atoms with van der Waals surface area (Å²) in [5.41, 5.74) is 2.74. The van der Waals surface area contributed by atoms with Crippen LogP contribution in [0, 0.1) is 18.8 Å². The van der Waals surface area contributed by atoms with Crippen molar-refractivity contribution >= 4 is 5.91 Å². The van der Waals surface area contributed by atoms with Gasteiger partial charge in [-0.25, -0.2) is 0 Å². The predicted molar refractivity (Wildman–Crippen MR) is 68.5 cm³/mol. The smallest absolute Gasteiger partial charge is 0.296 e. The molecule has 1 amide bonds. The maximum Gasteiger partial charge on any atom is 0.296 e. The van der Waals surface area contributed by atoms with Gasteiger partial charge < -0.3 is 5.32 Å². The quantitative estimate of drug-likeness (QED) is 0.778. The predicted octanol–water partition coefficient (Wildman–Crippen LogP) is 1.39. The summed E-state index contributed by atoms with van der Waals surface area (Å²) in [6.45, 7) is 2.34. The summed E-state index contributed by atoms with van der Waals surface area (Å²) in [5.74, 6) is 5.06. The molecule has 0 saturated heterocycles. The fraction of sp³-hybridized carbons (Fsp3) is 0.143. The topological polar surface area (TPSA) is 57.8 Å². The van der Waals surface area contributed by atoms with Gasteiger partial charge in [0.2, 0.25) is 0 Å². The van der Waals surface area contributed by atoms with Crippen LogP contribution < -0.4 is 5.32 Å². The Labute approximate surface area is 105 Å². The third-order valence-electron chi connectivity index (χ3n) is 2.47. The summed E-state index contributed by atoms with van der Waals surface area (Å²) in [6, 6.07) is 9.40. The minimum Gasteiger partial charge on any atom is -0.341 e. The zero-order chi connectivity index (χ0) is 12.8. The number of carbonyl (C=O) groups excluding carboxylic acids is 1. The first-order valence-corrected chi connectivity index (χ1v) is 5.59. The third kappa shape index (κ3) is 3.22. The highest BCUT2D eigenvalue weighted by molar-refractivity contribution is 5.94. The molecule has 0 aliphatic heterocycles. The van der Waals surface area contributed by atoms with Crippen LogP contribution in [0.15, 0.2) is 36.5 Å². The molecule has 0 aliphatic carbocycles. The Morgan fingerprint density at radius 1 is 1.39 bits per heavy atom. The second kappa shape index (κ2) is 5.69. The van der Waals surface area contributed by atoms with E-state index in [1.165, 1.54) is 0 Å². The number of hydrogen-bond acceptors (Lipinski definition) is 2. The number of amides is 1. The normalized spacial score (nSPS) is 9.39. The molecule has 18 heavy (non-hydrogen) atoms. The number of nitrogens with one attached hydrogen (secondary N) is 2. The number of aromatic amines is 1. The van der Waals surface area contributed by atoms with Gasteiger partial charge in [-0.15, -0.1) is 0 Å². The van der Waals surface area contributed by atoms with E-state index in [0.717, 1.165) is 16.8 Å². The molecular formula is C14H13N3O. The second-order valence-corrected chi connectivity index (χ2v) is 3.82. The minimum atomic E-state index is -0.292. The Hall–Kier alpha value is -2.54. The van der Waals surface area contributed by atoms with Crippen molar-refractivity contribution in [3.8, 4) is 11.8 Å². The molecule has 0 atom stereocenters. The molecule has 1 heterocycles. The van der Waals surface area contributed by atoms with Crippen molar-refractivity contribution in [1.82, 2.24) is 15.5 Å². The summed E-state index contributed by atoms with van der Waals surface area (Å²) >= 11 is 0. The largest absolute Gasteiger partial charge is 0.341 e. The first kappa shape index (κ1) is 11.9. The van der Waals surface area contributed by atoms with Gasteiger partial charge in [0, 0.05) is 29.3 Å². The zero-order valence-corrected chi connectivity index (χ0v) is 10.0. The van der Waals surface area contributed by atoms with E-state index in [2.05, 4.69) is 27.4 Å². The van der Waals surface area contributed by atoms with Crippen LogP contribution in [0.25, 0.3) is 0 Å². The molecule has 4 heteroatoms. The summed E-state index contributed by atoms with van der Waals surface area (Å²) in [5, 5.41) is 9.42. The molecule has 1 aromatic heterocycles. The molecule has 4 nitrogen and oxygen atoms in total. The maximum absolute atomic E-state index is 11.5. The number of carbonyl (C=O) groups is 1. The lowest BCUT2D eigenvalue weighted by molar-refractivity contribution is -0.115. The van der Waals surface area contributed by atoms with Gasteiger partial charge in [-0.1, -0.05) is 24.1 Å². The lowest BCUT2D eigenvalue weighted by Gasteiger charge is -1.98. The Bertz CT molecular complexity index is 590. The van der Waals surface area contributed by atoms with Crippen molar-refractivity contribution in [2.24, 2.45) is 0 Å². The number of benzene rings is 1. The number of nitrogens with zero attached hydrogens (tertiary/aromatic N) is 1. The fourth-order valence-corrected chi connectivity index (χ4v) is 1.42. The molecule has 0 bridgehead atoms. The summed E-state index contributed by atoms with van der Waals surface area (Å²) < 4.78 is 0. The van der Waals surface area contributed by atoms with Crippen molar-refractivity contribution in [1.29, 1.82) is 0 Å². The third-order valence-corrected chi connectivity index (χ3v) is 2.47. The van der Waals surface area contributed by atoms with Crippen molar-refractivity contribution in [3.05, 3.63) is 53.3 Å². The standard InChI is InChI=1S/C14H13N3O/c1-11-13(10-16-17-11)9-15-14(18)8-7-12-5-3-2-4-6-12/h2-6,10H,9H2,1H3,(H,15,18)(H,16,17). The minimum absolute atomic E-state index is 0.292. The lowest BCUT2D eigenvalue weighted by atomic mass is 10.2. The summed E-state index contributed by atoms with van der Waals surface area (Å²) in [6.07, 6.45) is 1.69. The van der Waals surface area contributed by atoms with Gasteiger partial charge in [0.15, 0.2) is 0 Å². The summed E-state index contributed by atoms with van der Waals surface area (Å²) in [7, 11) is 0. The monoisotopic (exact) mass is 239 g/mol. The number of rotatable bonds is 2. The van der Waals surface area contributed by atoms with E-state index in [1.54, 1.807) is 6.20 Å². The Balaban J connectivity index is 1.90. The average molecular weight is 239 g/mol. The van der Waals surface area contributed by atoms with Crippen LogP contribution in [0.3, 0.4) is 0 Å². The molecule has 2 N–H and O–H groups in total. The van der Waals surface area contributed by atoms with Crippen molar-refractivity contribution in [3.63, 3.8) is 0 Å². The number of aromatic nitrogens is 2. The highest BCUT2D eigenvalue weighted by Gasteiger charge is 2.01. The van der Waals surface area contributed by atoms with Crippen LogP contribution in [-0.4, -0.2) is 16.1 Å². The molecule has 90 valence electrons. The van der Waals surface area contributed by atoms with Crippen molar-refractivity contribution in [2.75, 3.05) is 0 Å². The molecule has 1 aromatic carbocycles. The molecule has 2 aromatic rings. The van der Waals surface area contributed by atoms with Crippen LogP contribution in [-0.2, 0) is 11.3 Å². The number of H-pyrrole nitrogens is 1. The Kier molecular flexibility index (Phi) is 3.77. The molecule has 0 saturated carbocycles. The van der Waals surface area contributed by atoms with Gasteiger partial charge >= 0.3 is 0 Å². The van der Waals surface area contributed by atoms with Crippen LogP contribution in [0.4, 0.5) is 0 Å². The van der Waals surface area contributed by atoms with E-state index in [4.69, 9.17) is 0 Å². The maximum atomic E-state index is 11.5. The fourth-order valence-electron chi connectivity index (χ4n) is 1.42. The van der Waals surface area contributed by atoms with E-state index >= 15 is 0 Å². The van der Waals surface area contributed by atoms with Crippen LogP contribution in [0.5, 0.6) is 0 Å². The van der Waals surface area contributed by atoms with E-state index in [1.807, 2.05) is 37.3 Å². The van der Waals surface area contributed by atoms with Crippen molar-refractivity contribution in [2.45, 2.75) is 13.5 Å². The summed E-state index contributed by atoms with van der Waals surface area (Å²) in [4.78, 5) is 11.5. The molecule has 0 radical (unpaired) electrons. The highest BCUT2D eigenvalue weighted by Crippen LogP contribution is 2.00. The zero-order valence-electron chi connectivity index (χ0n) is 10.0. The van der Waals surface area contributed by atoms with Gasteiger partial charge in [0.05, 0.1) is 6.20 Å². The first-order chi connectivity index (χ1) is 8.75. The van der Waals surface area contributed by atoms with Gasteiger partial charge in [0.1, 0.15) is 0 Å². The molecule has 0 spiro atoms. The number of hydrogen-bond donors (Lipinski definition) is 2. The van der Waals surface area contributed by atoms with Crippen LogP contribution >= 0.6 is 0 Å². The average Bonchev–Trinajstić information content (AvgIpc) is 2.81. The van der Waals surface area contributed by atoms with E-state index < -0.39 is 0 Å². The molecule has 0 unspecified atom stereocenters. The van der Waals surface area contributed by atoms with E-state index in [-0.39, 0.29) is 5.91 Å². The Morgan fingerprint density at radius 2 is 2.17 bits per heavy atom. The Morgan fingerprint density at radius 3 is 2.83 bits per heavy atom. The van der Waals surface area contributed by atoms with Gasteiger partial charge in [-0.05, 0) is 19.1 Å². The van der Waals surface area contributed by atoms with E-state index in [0.29, 0.717) is 6.54 Å². The van der Waals surface area contributed by atoms with Crippen molar-refractivity contribution < 1.29 is 4.79 Å². The second-order valence-electron chi connectivity index (χ2n) is 3.82. The number of aryl methyl sites for hydroxylation is 1.